The monoisotopic (exact) mass is 262 g/mol. The van der Waals surface area contributed by atoms with Crippen LogP contribution in [0.15, 0.2) is 42.5 Å². The largest absolute Gasteiger partial charge is 0.483 e. The van der Waals surface area contributed by atoms with Crippen molar-refractivity contribution < 1.29 is 13.5 Å². The summed E-state index contributed by atoms with van der Waals surface area (Å²) in [5.41, 5.74) is 6.57. The molecule has 0 unspecified atom stereocenters. The van der Waals surface area contributed by atoms with Gasteiger partial charge >= 0.3 is 0 Å². The molecule has 0 amide bonds. The summed E-state index contributed by atoms with van der Waals surface area (Å²) in [7, 11) is 0. The molecule has 0 aliphatic carbocycles. The van der Waals surface area contributed by atoms with Gasteiger partial charge in [-0.05, 0) is 23.8 Å². The van der Waals surface area contributed by atoms with E-state index in [2.05, 4.69) is 0 Å². The third kappa shape index (κ3) is 3.07. The fourth-order valence-corrected chi connectivity index (χ4v) is 1.60. The Balaban J connectivity index is 2.15. The fourth-order valence-electron chi connectivity index (χ4n) is 1.60. The molecule has 98 valence electrons. The number of hydrogen-bond acceptors (Lipinski definition) is 2. The first-order valence-electron chi connectivity index (χ1n) is 5.58. The van der Waals surface area contributed by atoms with Gasteiger partial charge in [0.2, 0.25) is 0 Å². The van der Waals surface area contributed by atoms with Gasteiger partial charge in [0.05, 0.1) is 0 Å². The van der Waals surface area contributed by atoms with Crippen LogP contribution in [0.4, 0.5) is 8.78 Å². The number of benzene rings is 2. The summed E-state index contributed by atoms with van der Waals surface area (Å²) < 4.78 is 31.8. The Bertz CT molecular complexity index is 594. The van der Waals surface area contributed by atoms with Gasteiger partial charge in [-0.15, -0.1) is 0 Å². The number of nitrogens with one attached hydrogen (secondary N) is 1. The lowest BCUT2D eigenvalue weighted by Crippen LogP contribution is -2.11. The number of rotatable bonds is 4. The second kappa shape index (κ2) is 5.48. The molecule has 0 heterocycles. The molecule has 0 radical (unpaired) electrons. The van der Waals surface area contributed by atoms with Crippen LogP contribution < -0.4 is 10.5 Å². The molecule has 0 saturated carbocycles. The van der Waals surface area contributed by atoms with E-state index >= 15 is 0 Å². The summed E-state index contributed by atoms with van der Waals surface area (Å²) in [5, 5.41) is 7.31. The first-order valence-corrected chi connectivity index (χ1v) is 5.58. The van der Waals surface area contributed by atoms with Gasteiger partial charge < -0.3 is 10.5 Å². The van der Waals surface area contributed by atoms with Crippen LogP contribution in [0.5, 0.6) is 5.75 Å². The van der Waals surface area contributed by atoms with Gasteiger partial charge in [0.25, 0.3) is 0 Å². The lowest BCUT2D eigenvalue weighted by molar-refractivity contribution is 0.274. The molecule has 2 aromatic rings. The molecule has 0 aliphatic rings. The summed E-state index contributed by atoms with van der Waals surface area (Å²) >= 11 is 0. The van der Waals surface area contributed by atoms with Crippen LogP contribution in [0.3, 0.4) is 0 Å². The lowest BCUT2D eigenvalue weighted by Gasteiger charge is -2.09. The second-order valence-electron chi connectivity index (χ2n) is 3.95. The number of halogens is 2. The third-order valence-electron chi connectivity index (χ3n) is 2.54. The SMILES string of the molecule is N=C(N)c1cccc(COc2c(F)cccc2F)c1. The van der Waals surface area contributed by atoms with E-state index in [4.69, 9.17) is 15.9 Å². The maximum atomic E-state index is 13.3. The van der Waals surface area contributed by atoms with E-state index in [9.17, 15) is 8.78 Å². The van der Waals surface area contributed by atoms with E-state index in [0.717, 1.165) is 12.1 Å². The number of para-hydroxylation sites is 1. The topological polar surface area (TPSA) is 59.1 Å². The van der Waals surface area contributed by atoms with Gasteiger partial charge in [-0.25, -0.2) is 8.78 Å². The van der Waals surface area contributed by atoms with Crippen molar-refractivity contribution in [2.24, 2.45) is 5.73 Å². The van der Waals surface area contributed by atoms with Gasteiger partial charge in [-0.1, -0.05) is 24.3 Å². The van der Waals surface area contributed by atoms with Crippen molar-refractivity contribution in [2.75, 3.05) is 0 Å². The van der Waals surface area contributed by atoms with Crippen LogP contribution in [0.25, 0.3) is 0 Å². The zero-order chi connectivity index (χ0) is 13.8. The van der Waals surface area contributed by atoms with E-state index in [0.29, 0.717) is 11.1 Å². The van der Waals surface area contributed by atoms with E-state index in [-0.39, 0.29) is 12.4 Å². The quantitative estimate of drug-likeness (QED) is 0.657. The minimum atomic E-state index is -0.747. The maximum absolute atomic E-state index is 13.3. The van der Waals surface area contributed by atoms with E-state index in [1.807, 2.05) is 0 Å². The Morgan fingerprint density at radius 1 is 1.11 bits per heavy atom. The highest BCUT2D eigenvalue weighted by Crippen LogP contribution is 2.22. The van der Waals surface area contributed by atoms with Crippen molar-refractivity contribution in [1.29, 1.82) is 5.41 Å². The van der Waals surface area contributed by atoms with Gasteiger partial charge in [0, 0.05) is 5.56 Å². The number of nitrogens with two attached hydrogens (primary N) is 1. The molecule has 0 saturated heterocycles. The maximum Gasteiger partial charge on any atom is 0.191 e. The molecule has 0 bridgehead atoms. The number of hydrogen-bond donors (Lipinski definition) is 2. The van der Waals surface area contributed by atoms with Gasteiger partial charge in [0.1, 0.15) is 12.4 Å². The van der Waals surface area contributed by atoms with E-state index < -0.39 is 17.4 Å². The Kier molecular flexibility index (Phi) is 3.75. The molecule has 3 nitrogen and oxygen atoms in total. The summed E-state index contributed by atoms with van der Waals surface area (Å²) in [5.74, 6) is -1.97. The van der Waals surface area contributed by atoms with Gasteiger partial charge in [0.15, 0.2) is 17.4 Å². The zero-order valence-corrected chi connectivity index (χ0v) is 9.99. The van der Waals surface area contributed by atoms with Gasteiger partial charge in [-0.3, -0.25) is 5.41 Å². The van der Waals surface area contributed by atoms with E-state index in [1.54, 1.807) is 24.3 Å². The smallest absolute Gasteiger partial charge is 0.191 e. The predicted molar refractivity (Wildman–Crippen MR) is 68.1 cm³/mol. The fraction of sp³-hybridized carbons (Fsp3) is 0.0714. The third-order valence-corrected chi connectivity index (χ3v) is 2.54. The van der Waals surface area contributed by atoms with Crippen molar-refractivity contribution in [3.05, 3.63) is 65.2 Å². The normalized spacial score (nSPS) is 10.2. The first kappa shape index (κ1) is 13.0. The number of amidine groups is 1. The molecule has 19 heavy (non-hydrogen) atoms. The highest BCUT2D eigenvalue weighted by molar-refractivity contribution is 5.95. The van der Waals surface area contributed by atoms with Gasteiger partial charge in [-0.2, -0.15) is 0 Å². The molecule has 0 fully saturated rings. The minimum absolute atomic E-state index is 0.00102. The summed E-state index contributed by atoms with van der Waals surface area (Å²) in [6.45, 7) is -0.00102. The molecular formula is C14H12F2N2O. The highest BCUT2D eigenvalue weighted by atomic mass is 19.1. The first-order chi connectivity index (χ1) is 9.08. The Morgan fingerprint density at radius 3 is 2.37 bits per heavy atom. The van der Waals surface area contributed by atoms with Crippen LogP contribution in [-0.2, 0) is 6.61 Å². The summed E-state index contributed by atoms with van der Waals surface area (Å²) in [6, 6.07) is 10.3. The summed E-state index contributed by atoms with van der Waals surface area (Å²) in [6.07, 6.45) is 0. The zero-order valence-electron chi connectivity index (χ0n) is 9.99. The van der Waals surface area contributed by atoms with Crippen molar-refractivity contribution in [3.63, 3.8) is 0 Å². The molecular weight excluding hydrogens is 250 g/mol. The number of ether oxygens (including phenoxy) is 1. The molecule has 3 N–H and O–H groups in total. The van der Waals surface area contributed by atoms with Crippen LogP contribution in [0.2, 0.25) is 0 Å². The Hall–Kier alpha value is -2.43. The van der Waals surface area contributed by atoms with E-state index in [1.165, 1.54) is 6.07 Å². The lowest BCUT2D eigenvalue weighted by atomic mass is 10.1. The van der Waals surface area contributed by atoms with Crippen LogP contribution >= 0.6 is 0 Å². The number of nitrogen functional groups attached to an aromatic ring is 1. The highest BCUT2D eigenvalue weighted by Gasteiger charge is 2.09. The van der Waals surface area contributed by atoms with Crippen LogP contribution in [0, 0.1) is 17.0 Å². The molecule has 0 aliphatic heterocycles. The molecule has 0 atom stereocenters. The minimum Gasteiger partial charge on any atom is -0.483 e. The average Bonchev–Trinajstić information content (AvgIpc) is 2.38. The van der Waals surface area contributed by atoms with Crippen molar-refractivity contribution >= 4 is 5.84 Å². The molecule has 0 aromatic heterocycles. The second-order valence-corrected chi connectivity index (χ2v) is 3.95. The van der Waals surface area contributed by atoms with Crippen molar-refractivity contribution in [1.82, 2.24) is 0 Å². The average molecular weight is 262 g/mol. The summed E-state index contributed by atoms with van der Waals surface area (Å²) in [4.78, 5) is 0. The van der Waals surface area contributed by atoms with Crippen LogP contribution in [0.1, 0.15) is 11.1 Å². The van der Waals surface area contributed by atoms with Crippen molar-refractivity contribution in [2.45, 2.75) is 6.61 Å². The molecule has 0 spiro atoms. The van der Waals surface area contributed by atoms with Crippen molar-refractivity contribution in [3.8, 4) is 5.75 Å². The standard InChI is InChI=1S/C14H12F2N2O/c15-11-5-2-6-12(16)13(11)19-8-9-3-1-4-10(7-9)14(17)18/h1-7H,8H2,(H3,17,18). The van der Waals surface area contributed by atoms with Crippen LogP contribution in [-0.4, -0.2) is 5.84 Å². The molecule has 2 aromatic carbocycles. The molecule has 5 heteroatoms. The molecule has 2 rings (SSSR count). The Morgan fingerprint density at radius 2 is 1.74 bits per heavy atom. The Labute approximate surface area is 109 Å². The predicted octanol–water partition coefficient (Wildman–Crippen LogP) is 2.83.